The molecular formula is C25H24O3. The third-order valence-corrected chi connectivity index (χ3v) is 5.38. The Morgan fingerprint density at radius 2 is 1.43 bits per heavy atom. The number of ether oxygens (including phenoxy) is 3. The predicted molar refractivity (Wildman–Crippen MR) is 112 cm³/mol. The maximum Gasteiger partial charge on any atom is 0.161 e. The normalized spacial score (nSPS) is 15.6. The van der Waals surface area contributed by atoms with Gasteiger partial charge in [0.25, 0.3) is 0 Å². The molecule has 0 bridgehead atoms. The Balaban J connectivity index is 1.91. The Hall–Kier alpha value is -3.20. The van der Waals surface area contributed by atoms with E-state index in [9.17, 15) is 0 Å². The van der Waals surface area contributed by atoms with E-state index < -0.39 is 0 Å². The zero-order valence-electron chi connectivity index (χ0n) is 16.7. The third kappa shape index (κ3) is 3.03. The van der Waals surface area contributed by atoms with E-state index in [0.717, 1.165) is 17.1 Å². The highest BCUT2D eigenvalue weighted by atomic mass is 16.5. The van der Waals surface area contributed by atoms with Gasteiger partial charge in [-0.25, -0.2) is 0 Å². The zero-order chi connectivity index (χ0) is 19.7. The molecule has 0 radical (unpaired) electrons. The number of rotatable bonds is 4. The topological polar surface area (TPSA) is 27.7 Å². The fourth-order valence-corrected chi connectivity index (χ4v) is 3.94. The SMILES string of the molecule is COc1ccc(C2=C(C)C(c3ccccc3C)c3ccccc3O2)cc1OC. The molecule has 1 atom stereocenters. The summed E-state index contributed by atoms with van der Waals surface area (Å²) < 4.78 is 17.3. The van der Waals surface area contributed by atoms with Crippen molar-refractivity contribution in [1.82, 2.24) is 0 Å². The van der Waals surface area contributed by atoms with Crippen LogP contribution in [0.4, 0.5) is 0 Å². The van der Waals surface area contributed by atoms with Crippen LogP contribution >= 0.6 is 0 Å². The number of fused-ring (bicyclic) bond motifs is 1. The second-order valence-corrected chi connectivity index (χ2v) is 7.01. The molecule has 3 heteroatoms. The molecule has 28 heavy (non-hydrogen) atoms. The van der Waals surface area contributed by atoms with E-state index in [1.54, 1.807) is 14.2 Å². The molecule has 3 nitrogen and oxygen atoms in total. The summed E-state index contributed by atoms with van der Waals surface area (Å²) in [6.45, 7) is 4.32. The highest BCUT2D eigenvalue weighted by Crippen LogP contribution is 2.46. The highest BCUT2D eigenvalue weighted by molar-refractivity contribution is 5.73. The van der Waals surface area contributed by atoms with Gasteiger partial charge in [-0.05, 0) is 54.8 Å². The van der Waals surface area contributed by atoms with Crippen LogP contribution in [-0.4, -0.2) is 14.2 Å². The summed E-state index contributed by atoms with van der Waals surface area (Å²) in [7, 11) is 3.29. The van der Waals surface area contributed by atoms with Gasteiger partial charge in [-0.2, -0.15) is 0 Å². The van der Waals surface area contributed by atoms with E-state index in [4.69, 9.17) is 14.2 Å². The standard InChI is InChI=1S/C25H24O3/c1-16-9-5-6-10-19(16)24-17(2)25(28-21-12-8-7-11-20(21)24)18-13-14-22(26-3)23(15-18)27-4/h5-15,24H,1-4H3. The number of aryl methyl sites for hydroxylation is 1. The van der Waals surface area contributed by atoms with Crippen LogP contribution in [0.5, 0.6) is 17.2 Å². The van der Waals surface area contributed by atoms with Gasteiger partial charge in [-0.1, -0.05) is 42.5 Å². The Labute approximate surface area is 166 Å². The van der Waals surface area contributed by atoms with Crippen LogP contribution in [0.3, 0.4) is 0 Å². The fourth-order valence-electron chi connectivity index (χ4n) is 3.94. The lowest BCUT2D eigenvalue weighted by atomic mass is 9.80. The molecule has 3 aromatic carbocycles. The van der Waals surface area contributed by atoms with Crippen molar-refractivity contribution >= 4 is 5.76 Å². The van der Waals surface area contributed by atoms with Gasteiger partial charge in [0.2, 0.25) is 0 Å². The first-order valence-corrected chi connectivity index (χ1v) is 9.39. The van der Waals surface area contributed by atoms with Gasteiger partial charge in [-0.15, -0.1) is 0 Å². The van der Waals surface area contributed by atoms with E-state index in [1.165, 1.54) is 22.3 Å². The molecule has 0 saturated heterocycles. The number of hydrogen-bond donors (Lipinski definition) is 0. The van der Waals surface area contributed by atoms with Gasteiger partial charge in [0.1, 0.15) is 11.5 Å². The first-order valence-electron chi connectivity index (χ1n) is 9.39. The molecule has 1 unspecified atom stereocenters. The number of hydrogen-bond acceptors (Lipinski definition) is 3. The molecule has 0 aliphatic carbocycles. The van der Waals surface area contributed by atoms with Gasteiger partial charge in [0.05, 0.1) is 14.2 Å². The minimum atomic E-state index is 0.147. The molecule has 0 N–H and O–H groups in total. The summed E-state index contributed by atoms with van der Waals surface area (Å²) in [5.41, 5.74) is 5.92. The Bertz CT molecular complexity index is 1050. The van der Waals surface area contributed by atoms with Crippen molar-refractivity contribution in [3.05, 3.63) is 94.6 Å². The Morgan fingerprint density at radius 3 is 2.14 bits per heavy atom. The van der Waals surface area contributed by atoms with E-state index in [-0.39, 0.29) is 5.92 Å². The fraction of sp³-hybridized carbons (Fsp3) is 0.200. The van der Waals surface area contributed by atoms with Crippen LogP contribution in [0, 0.1) is 6.92 Å². The summed E-state index contributed by atoms with van der Waals surface area (Å²) in [5.74, 6) is 3.31. The average molecular weight is 372 g/mol. The second-order valence-electron chi connectivity index (χ2n) is 7.01. The summed E-state index contributed by atoms with van der Waals surface area (Å²) in [6, 6.07) is 22.7. The van der Waals surface area contributed by atoms with Gasteiger partial charge in [0.15, 0.2) is 11.5 Å². The third-order valence-electron chi connectivity index (χ3n) is 5.38. The minimum absolute atomic E-state index is 0.147. The first-order chi connectivity index (χ1) is 13.6. The number of allylic oxidation sites excluding steroid dienone is 1. The highest BCUT2D eigenvalue weighted by Gasteiger charge is 2.30. The summed E-state index contributed by atoms with van der Waals surface area (Å²) >= 11 is 0. The van der Waals surface area contributed by atoms with E-state index in [0.29, 0.717) is 11.5 Å². The second kappa shape index (κ2) is 7.43. The lowest BCUT2D eigenvalue weighted by Gasteiger charge is -2.31. The molecule has 3 aromatic rings. The number of methoxy groups -OCH3 is 2. The molecule has 0 fully saturated rings. The molecular weight excluding hydrogens is 348 g/mol. The number of benzene rings is 3. The largest absolute Gasteiger partial charge is 0.493 e. The Kier molecular flexibility index (Phi) is 4.82. The van der Waals surface area contributed by atoms with Crippen molar-refractivity contribution in [2.24, 2.45) is 0 Å². The van der Waals surface area contributed by atoms with Gasteiger partial charge in [0, 0.05) is 17.0 Å². The maximum absolute atomic E-state index is 6.38. The zero-order valence-corrected chi connectivity index (χ0v) is 16.7. The Morgan fingerprint density at radius 1 is 0.750 bits per heavy atom. The van der Waals surface area contributed by atoms with Gasteiger partial charge in [-0.3, -0.25) is 0 Å². The molecule has 0 saturated carbocycles. The van der Waals surface area contributed by atoms with Crippen molar-refractivity contribution in [2.75, 3.05) is 14.2 Å². The lowest BCUT2D eigenvalue weighted by molar-refractivity contribution is 0.354. The van der Waals surface area contributed by atoms with Crippen molar-refractivity contribution in [2.45, 2.75) is 19.8 Å². The molecule has 0 spiro atoms. The predicted octanol–water partition coefficient (Wildman–Crippen LogP) is 5.97. The monoisotopic (exact) mass is 372 g/mol. The van der Waals surface area contributed by atoms with Crippen molar-refractivity contribution in [3.8, 4) is 17.2 Å². The molecule has 1 heterocycles. The smallest absolute Gasteiger partial charge is 0.161 e. The quantitative estimate of drug-likeness (QED) is 0.565. The molecule has 1 aliphatic heterocycles. The van der Waals surface area contributed by atoms with Crippen molar-refractivity contribution < 1.29 is 14.2 Å². The van der Waals surface area contributed by atoms with E-state index in [1.807, 2.05) is 30.3 Å². The van der Waals surface area contributed by atoms with Gasteiger partial charge >= 0.3 is 0 Å². The average Bonchev–Trinajstić information content (AvgIpc) is 2.73. The molecule has 4 rings (SSSR count). The summed E-state index contributed by atoms with van der Waals surface area (Å²) in [5, 5.41) is 0. The van der Waals surface area contributed by atoms with E-state index >= 15 is 0 Å². The van der Waals surface area contributed by atoms with Crippen LogP contribution in [0.15, 0.2) is 72.3 Å². The lowest BCUT2D eigenvalue weighted by Crippen LogP contribution is -2.15. The summed E-state index contributed by atoms with van der Waals surface area (Å²) in [6.07, 6.45) is 0. The minimum Gasteiger partial charge on any atom is -0.493 e. The van der Waals surface area contributed by atoms with Crippen LogP contribution in [0.1, 0.15) is 35.1 Å². The molecule has 142 valence electrons. The van der Waals surface area contributed by atoms with Crippen LogP contribution in [0.25, 0.3) is 5.76 Å². The van der Waals surface area contributed by atoms with Crippen molar-refractivity contribution in [1.29, 1.82) is 0 Å². The number of para-hydroxylation sites is 1. The van der Waals surface area contributed by atoms with Crippen LogP contribution in [-0.2, 0) is 0 Å². The first kappa shape index (κ1) is 18.2. The summed E-state index contributed by atoms with van der Waals surface area (Å²) in [4.78, 5) is 0. The molecule has 0 aromatic heterocycles. The van der Waals surface area contributed by atoms with Crippen molar-refractivity contribution in [3.63, 3.8) is 0 Å². The van der Waals surface area contributed by atoms with E-state index in [2.05, 4.69) is 50.2 Å². The molecule has 0 amide bonds. The van der Waals surface area contributed by atoms with Gasteiger partial charge < -0.3 is 14.2 Å². The van der Waals surface area contributed by atoms with Crippen LogP contribution < -0.4 is 14.2 Å². The van der Waals surface area contributed by atoms with Crippen LogP contribution in [0.2, 0.25) is 0 Å². The molecule has 1 aliphatic rings. The maximum atomic E-state index is 6.38.